The predicted molar refractivity (Wildman–Crippen MR) is 92.3 cm³/mol. The fourth-order valence-corrected chi connectivity index (χ4v) is 2.43. The third-order valence-corrected chi connectivity index (χ3v) is 3.77. The van der Waals surface area contributed by atoms with Crippen LogP contribution in [0.15, 0.2) is 42.5 Å². The van der Waals surface area contributed by atoms with E-state index in [0.29, 0.717) is 6.61 Å². The number of benzene rings is 2. The summed E-state index contributed by atoms with van der Waals surface area (Å²) in [4.78, 5) is 0. The molecular formula is C17H19IO3. The van der Waals surface area contributed by atoms with Gasteiger partial charge in [0.05, 0.1) is 17.3 Å². The van der Waals surface area contributed by atoms with E-state index in [4.69, 9.17) is 14.2 Å². The largest absolute Gasteiger partial charge is 0.497 e. The minimum atomic E-state index is 0.537. The Morgan fingerprint density at radius 2 is 1.67 bits per heavy atom. The summed E-state index contributed by atoms with van der Waals surface area (Å²) in [6.07, 6.45) is 1.01. The highest BCUT2D eigenvalue weighted by Crippen LogP contribution is 2.26. The van der Waals surface area contributed by atoms with Gasteiger partial charge in [-0.15, -0.1) is 0 Å². The highest BCUT2D eigenvalue weighted by Gasteiger charge is 2.04. The maximum absolute atomic E-state index is 5.80. The maximum Gasteiger partial charge on any atom is 0.132 e. The summed E-state index contributed by atoms with van der Waals surface area (Å²) < 4.78 is 17.7. The molecule has 0 spiro atoms. The smallest absolute Gasteiger partial charge is 0.132 e. The maximum atomic E-state index is 5.80. The van der Waals surface area contributed by atoms with E-state index in [0.717, 1.165) is 39.4 Å². The fourth-order valence-electron chi connectivity index (χ4n) is 1.79. The normalized spacial score (nSPS) is 10.2. The first-order valence-electron chi connectivity index (χ1n) is 6.91. The summed E-state index contributed by atoms with van der Waals surface area (Å²) in [7, 11) is 1.66. The molecule has 0 unspecified atom stereocenters. The Bertz CT molecular complexity index is 567. The van der Waals surface area contributed by atoms with Crippen molar-refractivity contribution in [3.05, 3.63) is 51.6 Å². The number of hydrogen-bond donors (Lipinski definition) is 0. The average molecular weight is 398 g/mol. The van der Waals surface area contributed by atoms with Gasteiger partial charge in [0.15, 0.2) is 0 Å². The topological polar surface area (TPSA) is 27.7 Å². The molecule has 3 nitrogen and oxygen atoms in total. The summed E-state index contributed by atoms with van der Waals surface area (Å²) in [5.41, 5.74) is 1.11. The Hall–Kier alpha value is -1.43. The molecule has 0 fully saturated rings. The molecule has 0 N–H and O–H groups in total. The van der Waals surface area contributed by atoms with E-state index < -0.39 is 0 Å². The summed E-state index contributed by atoms with van der Waals surface area (Å²) in [6, 6.07) is 13.8. The van der Waals surface area contributed by atoms with Gasteiger partial charge < -0.3 is 14.2 Å². The van der Waals surface area contributed by atoms with Crippen molar-refractivity contribution in [1.29, 1.82) is 0 Å². The molecule has 4 heteroatoms. The zero-order chi connectivity index (χ0) is 15.1. The second kappa shape index (κ2) is 8.12. The lowest BCUT2D eigenvalue weighted by Gasteiger charge is -2.10. The molecule has 0 atom stereocenters. The molecule has 0 heterocycles. The molecule has 0 aliphatic carbocycles. The number of halogens is 1. The molecule has 0 radical (unpaired) electrons. The van der Waals surface area contributed by atoms with Crippen LogP contribution in [0.2, 0.25) is 0 Å². The number of hydrogen-bond acceptors (Lipinski definition) is 3. The van der Waals surface area contributed by atoms with Gasteiger partial charge >= 0.3 is 0 Å². The number of ether oxygens (including phenoxy) is 3. The number of methoxy groups -OCH3 is 1. The minimum absolute atomic E-state index is 0.537. The van der Waals surface area contributed by atoms with Crippen LogP contribution in [0.25, 0.3) is 0 Å². The van der Waals surface area contributed by atoms with Crippen LogP contribution >= 0.6 is 22.6 Å². The molecular weight excluding hydrogens is 379 g/mol. The quantitative estimate of drug-likeness (QED) is 0.635. The lowest BCUT2D eigenvalue weighted by atomic mass is 10.2. The highest BCUT2D eigenvalue weighted by molar-refractivity contribution is 14.1. The zero-order valence-electron chi connectivity index (χ0n) is 12.3. The highest BCUT2D eigenvalue weighted by atomic mass is 127. The SMILES string of the molecule is CCCOc1ccc(OCc2ccc(OC)cc2)cc1I. The second-order valence-electron chi connectivity index (χ2n) is 4.58. The summed E-state index contributed by atoms with van der Waals surface area (Å²) in [5, 5.41) is 0. The molecule has 0 bridgehead atoms. The van der Waals surface area contributed by atoms with Gasteiger partial charge in [-0.25, -0.2) is 0 Å². The lowest BCUT2D eigenvalue weighted by Crippen LogP contribution is -1.99. The summed E-state index contributed by atoms with van der Waals surface area (Å²) in [6.45, 7) is 3.37. The van der Waals surface area contributed by atoms with Gasteiger partial charge in [0.2, 0.25) is 0 Å². The third-order valence-electron chi connectivity index (χ3n) is 2.93. The summed E-state index contributed by atoms with van der Waals surface area (Å²) in [5.74, 6) is 2.61. The standard InChI is InChI=1S/C17H19IO3/c1-3-10-20-17-9-8-15(11-16(17)18)21-12-13-4-6-14(19-2)7-5-13/h4-9,11H,3,10,12H2,1-2H3. The molecule has 2 rings (SSSR count). The molecule has 0 aliphatic rings. The molecule has 0 amide bonds. The number of rotatable bonds is 7. The monoisotopic (exact) mass is 398 g/mol. The van der Waals surface area contributed by atoms with Crippen LogP contribution in [-0.4, -0.2) is 13.7 Å². The van der Waals surface area contributed by atoms with Crippen LogP contribution in [-0.2, 0) is 6.61 Å². The third kappa shape index (κ3) is 4.81. The molecule has 21 heavy (non-hydrogen) atoms. The van der Waals surface area contributed by atoms with E-state index in [9.17, 15) is 0 Å². The average Bonchev–Trinajstić information content (AvgIpc) is 2.52. The minimum Gasteiger partial charge on any atom is -0.497 e. The van der Waals surface area contributed by atoms with Gasteiger partial charge in [-0.3, -0.25) is 0 Å². The van der Waals surface area contributed by atoms with Gasteiger partial charge in [-0.1, -0.05) is 19.1 Å². The molecule has 0 saturated carbocycles. The van der Waals surface area contributed by atoms with Crippen molar-refractivity contribution in [2.45, 2.75) is 20.0 Å². The van der Waals surface area contributed by atoms with Crippen molar-refractivity contribution in [3.63, 3.8) is 0 Å². The summed E-state index contributed by atoms with van der Waals surface area (Å²) >= 11 is 2.27. The van der Waals surface area contributed by atoms with Crippen molar-refractivity contribution in [2.24, 2.45) is 0 Å². The van der Waals surface area contributed by atoms with Crippen molar-refractivity contribution in [1.82, 2.24) is 0 Å². The second-order valence-corrected chi connectivity index (χ2v) is 5.74. The molecule has 0 saturated heterocycles. The predicted octanol–water partition coefficient (Wildman–Crippen LogP) is 4.67. The Labute approximate surface area is 139 Å². The van der Waals surface area contributed by atoms with Crippen LogP contribution in [0, 0.1) is 3.57 Å². The Morgan fingerprint density at radius 3 is 2.29 bits per heavy atom. The first kappa shape index (κ1) is 15.9. The van der Waals surface area contributed by atoms with E-state index >= 15 is 0 Å². The van der Waals surface area contributed by atoms with E-state index in [1.54, 1.807) is 7.11 Å². The Balaban J connectivity index is 1.94. The van der Waals surface area contributed by atoms with E-state index in [-0.39, 0.29) is 0 Å². The van der Waals surface area contributed by atoms with Gasteiger partial charge in [0.1, 0.15) is 23.9 Å². The van der Waals surface area contributed by atoms with Gasteiger partial charge in [-0.2, -0.15) is 0 Å². The zero-order valence-corrected chi connectivity index (χ0v) is 14.4. The first-order valence-corrected chi connectivity index (χ1v) is 7.99. The van der Waals surface area contributed by atoms with E-state index in [2.05, 4.69) is 29.5 Å². The lowest BCUT2D eigenvalue weighted by molar-refractivity contribution is 0.300. The van der Waals surface area contributed by atoms with Crippen LogP contribution in [0.1, 0.15) is 18.9 Å². The van der Waals surface area contributed by atoms with Crippen molar-refractivity contribution in [2.75, 3.05) is 13.7 Å². The Kier molecular flexibility index (Phi) is 6.17. The van der Waals surface area contributed by atoms with Crippen LogP contribution in [0.4, 0.5) is 0 Å². The van der Waals surface area contributed by atoms with Crippen LogP contribution < -0.4 is 14.2 Å². The van der Waals surface area contributed by atoms with Gasteiger partial charge in [-0.05, 0) is 64.9 Å². The first-order chi connectivity index (χ1) is 10.2. The molecule has 0 aliphatic heterocycles. The van der Waals surface area contributed by atoms with Crippen molar-refractivity contribution >= 4 is 22.6 Å². The molecule has 2 aromatic carbocycles. The van der Waals surface area contributed by atoms with Crippen molar-refractivity contribution < 1.29 is 14.2 Å². The van der Waals surface area contributed by atoms with E-state index in [1.165, 1.54) is 0 Å². The van der Waals surface area contributed by atoms with Crippen LogP contribution in [0.5, 0.6) is 17.2 Å². The molecule has 0 aromatic heterocycles. The molecule has 2 aromatic rings. The van der Waals surface area contributed by atoms with Crippen molar-refractivity contribution in [3.8, 4) is 17.2 Å². The Morgan fingerprint density at radius 1 is 0.952 bits per heavy atom. The van der Waals surface area contributed by atoms with Gasteiger partial charge in [0, 0.05) is 0 Å². The van der Waals surface area contributed by atoms with E-state index in [1.807, 2.05) is 42.5 Å². The van der Waals surface area contributed by atoms with Crippen LogP contribution in [0.3, 0.4) is 0 Å². The molecule has 112 valence electrons. The fraction of sp³-hybridized carbons (Fsp3) is 0.294. The van der Waals surface area contributed by atoms with Gasteiger partial charge in [0.25, 0.3) is 0 Å².